The molecule has 2 rings (SSSR count). The van der Waals surface area contributed by atoms with E-state index in [-0.39, 0.29) is 11.7 Å². The number of aromatic nitrogens is 1. The van der Waals surface area contributed by atoms with Crippen molar-refractivity contribution >= 4 is 17.4 Å². The van der Waals surface area contributed by atoms with E-state index in [0.29, 0.717) is 0 Å². The van der Waals surface area contributed by atoms with Crippen molar-refractivity contribution in [1.82, 2.24) is 4.57 Å². The molecule has 112 valence electrons. The summed E-state index contributed by atoms with van der Waals surface area (Å²) >= 11 is 5.68. The molecular formula is C17H26ClNO. The van der Waals surface area contributed by atoms with Gasteiger partial charge in [-0.05, 0) is 44.6 Å². The van der Waals surface area contributed by atoms with Crippen LogP contribution in [0.1, 0.15) is 60.8 Å². The van der Waals surface area contributed by atoms with E-state index < -0.39 is 0 Å². The Bertz CT molecular complexity index is 478. The highest BCUT2D eigenvalue weighted by Crippen LogP contribution is 2.31. The van der Waals surface area contributed by atoms with Crippen LogP contribution in [0.25, 0.3) is 0 Å². The Kier molecular flexibility index (Phi) is 5.31. The zero-order valence-electron chi connectivity index (χ0n) is 12.9. The summed E-state index contributed by atoms with van der Waals surface area (Å²) in [4.78, 5) is 11.8. The molecule has 1 aromatic heterocycles. The summed E-state index contributed by atoms with van der Waals surface area (Å²) in [5, 5.41) is 0. The predicted molar refractivity (Wildman–Crippen MR) is 84.7 cm³/mol. The first-order valence-corrected chi connectivity index (χ1v) is 8.32. The predicted octanol–water partition coefficient (Wildman–Crippen LogP) is 4.74. The molecule has 0 saturated heterocycles. The Morgan fingerprint density at radius 2 is 2.15 bits per heavy atom. The highest BCUT2D eigenvalue weighted by Gasteiger charge is 2.20. The second-order valence-electron chi connectivity index (χ2n) is 6.42. The van der Waals surface area contributed by atoms with Crippen LogP contribution in [-0.2, 0) is 6.54 Å². The number of Topliss-reactive ketones (excluding diaryl/α,β-unsaturated/α-hetero) is 1. The Labute approximate surface area is 127 Å². The fraction of sp³-hybridized carbons (Fsp3) is 0.706. The van der Waals surface area contributed by atoms with Gasteiger partial charge in [0.25, 0.3) is 0 Å². The third-order valence-corrected chi connectivity index (χ3v) is 5.04. The molecule has 20 heavy (non-hydrogen) atoms. The maximum atomic E-state index is 11.8. The molecule has 0 spiro atoms. The molecule has 1 fully saturated rings. The number of carbonyl (C=O) groups excluding carboxylic acids is 1. The normalized spacial score (nSPS) is 23.0. The third-order valence-electron chi connectivity index (χ3n) is 4.80. The van der Waals surface area contributed by atoms with Crippen molar-refractivity contribution in [3.8, 4) is 0 Å². The number of halogens is 1. The van der Waals surface area contributed by atoms with E-state index in [2.05, 4.69) is 18.4 Å². The second kappa shape index (κ2) is 6.80. The van der Waals surface area contributed by atoms with E-state index in [4.69, 9.17) is 11.6 Å². The number of hydrogen-bond acceptors (Lipinski definition) is 1. The van der Waals surface area contributed by atoms with E-state index in [1.54, 1.807) is 0 Å². The van der Waals surface area contributed by atoms with Crippen LogP contribution < -0.4 is 0 Å². The lowest BCUT2D eigenvalue weighted by molar-refractivity contribution is 0.102. The van der Waals surface area contributed by atoms with Gasteiger partial charge in [-0.1, -0.05) is 26.2 Å². The molecule has 1 aliphatic carbocycles. The highest BCUT2D eigenvalue weighted by atomic mass is 35.5. The molecule has 2 atom stereocenters. The van der Waals surface area contributed by atoms with Crippen molar-refractivity contribution < 1.29 is 4.79 Å². The topological polar surface area (TPSA) is 22.0 Å². The third kappa shape index (κ3) is 3.46. The molecule has 1 aromatic rings. The number of ketones is 1. The number of nitrogens with zero attached hydrogens (tertiary/aromatic N) is 1. The molecule has 0 amide bonds. The van der Waals surface area contributed by atoms with Crippen LogP contribution in [0.4, 0.5) is 0 Å². The number of hydrogen-bond donors (Lipinski definition) is 0. The fourth-order valence-electron chi connectivity index (χ4n) is 3.63. The van der Waals surface area contributed by atoms with Gasteiger partial charge in [0.2, 0.25) is 0 Å². The van der Waals surface area contributed by atoms with E-state index in [9.17, 15) is 4.79 Å². The molecule has 1 heterocycles. The summed E-state index contributed by atoms with van der Waals surface area (Å²) in [5.41, 5.74) is 3.06. The minimum absolute atomic E-state index is 0.0392. The van der Waals surface area contributed by atoms with Gasteiger partial charge in [-0.2, -0.15) is 0 Å². The Hall–Kier alpha value is -0.760. The van der Waals surface area contributed by atoms with Gasteiger partial charge < -0.3 is 4.57 Å². The van der Waals surface area contributed by atoms with E-state index in [1.807, 2.05) is 13.0 Å². The van der Waals surface area contributed by atoms with E-state index >= 15 is 0 Å². The van der Waals surface area contributed by atoms with Crippen molar-refractivity contribution in [2.45, 2.75) is 59.4 Å². The lowest BCUT2D eigenvalue weighted by Crippen LogP contribution is -2.16. The zero-order valence-corrected chi connectivity index (χ0v) is 13.7. The van der Waals surface area contributed by atoms with Crippen LogP contribution in [0, 0.1) is 25.7 Å². The van der Waals surface area contributed by atoms with Crippen LogP contribution in [0.3, 0.4) is 0 Å². The summed E-state index contributed by atoms with van der Waals surface area (Å²) in [6.07, 6.45) is 6.75. The van der Waals surface area contributed by atoms with Crippen molar-refractivity contribution in [2.75, 3.05) is 5.88 Å². The SMILES string of the molecule is Cc1cc(C(=O)CCl)c(C)n1CCC1CCCC(C)C1. The summed E-state index contributed by atoms with van der Waals surface area (Å²) < 4.78 is 2.29. The molecule has 3 heteroatoms. The maximum absolute atomic E-state index is 11.8. The van der Waals surface area contributed by atoms with Crippen molar-refractivity contribution in [3.05, 3.63) is 23.0 Å². The zero-order chi connectivity index (χ0) is 14.7. The summed E-state index contributed by atoms with van der Waals surface area (Å²) in [6, 6.07) is 1.99. The second-order valence-corrected chi connectivity index (χ2v) is 6.69. The van der Waals surface area contributed by atoms with E-state index in [1.165, 1.54) is 37.8 Å². The summed E-state index contributed by atoms with van der Waals surface area (Å²) in [6.45, 7) is 7.53. The van der Waals surface area contributed by atoms with Gasteiger partial charge in [0.15, 0.2) is 5.78 Å². The van der Waals surface area contributed by atoms with Crippen LogP contribution in [-0.4, -0.2) is 16.2 Å². The highest BCUT2D eigenvalue weighted by molar-refractivity contribution is 6.30. The molecule has 2 nitrogen and oxygen atoms in total. The Morgan fingerprint density at radius 3 is 2.80 bits per heavy atom. The molecule has 0 aliphatic heterocycles. The number of aryl methyl sites for hydroxylation is 1. The number of rotatable bonds is 5. The average molecular weight is 296 g/mol. The van der Waals surface area contributed by atoms with Crippen molar-refractivity contribution in [2.24, 2.45) is 11.8 Å². The molecule has 1 aliphatic rings. The minimum Gasteiger partial charge on any atom is -0.348 e. The Morgan fingerprint density at radius 1 is 1.40 bits per heavy atom. The van der Waals surface area contributed by atoms with Crippen LogP contribution in [0.5, 0.6) is 0 Å². The molecular weight excluding hydrogens is 270 g/mol. The lowest BCUT2D eigenvalue weighted by Gasteiger charge is -2.27. The number of carbonyl (C=O) groups is 1. The maximum Gasteiger partial charge on any atom is 0.179 e. The first-order valence-electron chi connectivity index (χ1n) is 7.78. The van der Waals surface area contributed by atoms with Crippen LogP contribution in [0.15, 0.2) is 6.07 Å². The standard InChI is InChI=1S/C17H26ClNO/c1-12-5-4-6-15(9-12)7-8-19-13(2)10-16(14(19)3)17(20)11-18/h10,12,15H,4-9,11H2,1-3H3. The van der Waals surface area contributed by atoms with Gasteiger partial charge in [-0.15, -0.1) is 11.6 Å². The van der Waals surface area contributed by atoms with Crippen molar-refractivity contribution in [3.63, 3.8) is 0 Å². The molecule has 0 radical (unpaired) electrons. The minimum atomic E-state index is 0.0392. The molecule has 0 bridgehead atoms. The van der Waals surface area contributed by atoms with Gasteiger partial charge in [0.1, 0.15) is 0 Å². The molecule has 0 N–H and O–H groups in total. The molecule has 2 unspecified atom stereocenters. The monoisotopic (exact) mass is 295 g/mol. The summed E-state index contributed by atoms with van der Waals surface area (Å²) in [5.74, 6) is 1.85. The van der Waals surface area contributed by atoms with Gasteiger partial charge in [0.05, 0.1) is 5.88 Å². The fourth-order valence-corrected chi connectivity index (χ4v) is 3.78. The first kappa shape index (κ1) is 15.6. The number of alkyl halides is 1. The van der Waals surface area contributed by atoms with Gasteiger partial charge in [-0.3, -0.25) is 4.79 Å². The first-order chi connectivity index (χ1) is 9.52. The van der Waals surface area contributed by atoms with Gasteiger partial charge >= 0.3 is 0 Å². The largest absolute Gasteiger partial charge is 0.348 e. The average Bonchev–Trinajstić information content (AvgIpc) is 2.71. The summed E-state index contributed by atoms with van der Waals surface area (Å²) in [7, 11) is 0. The lowest BCUT2D eigenvalue weighted by atomic mass is 9.81. The van der Waals surface area contributed by atoms with E-state index in [0.717, 1.165) is 29.6 Å². The van der Waals surface area contributed by atoms with Crippen molar-refractivity contribution in [1.29, 1.82) is 0 Å². The molecule has 1 saturated carbocycles. The van der Waals surface area contributed by atoms with Gasteiger partial charge in [0, 0.05) is 23.5 Å². The van der Waals surface area contributed by atoms with Crippen LogP contribution >= 0.6 is 11.6 Å². The van der Waals surface area contributed by atoms with Crippen LogP contribution in [0.2, 0.25) is 0 Å². The van der Waals surface area contributed by atoms with Gasteiger partial charge in [-0.25, -0.2) is 0 Å². The molecule has 0 aromatic carbocycles. The smallest absolute Gasteiger partial charge is 0.179 e. The quantitative estimate of drug-likeness (QED) is 0.568. The Balaban J connectivity index is 2.02.